The van der Waals surface area contributed by atoms with Crippen LogP contribution in [-0.4, -0.2) is 11.9 Å². The summed E-state index contributed by atoms with van der Waals surface area (Å²) in [4.78, 5) is 20.1. The molecule has 5 heteroatoms. The Morgan fingerprint density at radius 2 is 0.815 bits per heavy atom. The van der Waals surface area contributed by atoms with Crippen molar-refractivity contribution in [1.82, 2.24) is 0 Å². The number of unbranched alkanes of at least 4 members (excludes halogenated alkanes) is 12. The number of carboxylic acids is 2. The Morgan fingerprint density at radius 3 is 1.07 bits per heavy atom. The molecule has 27 heavy (non-hydrogen) atoms. The Kier molecular flexibility index (Phi) is 31.7. The number of aliphatic carboxylic acids is 2. The number of hydrogen-bond acceptors (Lipinski definition) is 4. The van der Waals surface area contributed by atoms with Crippen molar-refractivity contribution in [2.24, 2.45) is 0 Å². The average molecular weight is 479 g/mol. The third kappa shape index (κ3) is 36.9. The van der Waals surface area contributed by atoms with E-state index >= 15 is 0 Å². The van der Waals surface area contributed by atoms with Crippen LogP contribution in [0, 0.1) is 0 Å². The fourth-order valence-electron chi connectivity index (χ4n) is 2.53. The fraction of sp³-hybridized carbons (Fsp3) is 0.727. The summed E-state index contributed by atoms with van der Waals surface area (Å²) >= 11 is 0. The van der Waals surface area contributed by atoms with Crippen molar-refractivity contribution in [2.45, 2.75) is 103 Å². The van der Waals surface area contributed by atoms with E-state index in [1.165, 1.54) is 38.5 Å². The molecule has 0 spiro atoms. The number of allylic oxidation sites excluding steroid dienone is 2. The predicted octanol–water partition coefficient (Wildman–Crippen LogP) is 4.08. The van der Waals surface area contributed by atoms with Crippen LogP contribution in [0.1, 0.15) is 103 Å². The second-order valence-electron chi connectivity index (χ2n) is 6.64. The second kappa shape index (κ2) is 27.6. The van der Waals surface area contributed by atoms with Crippen molar-refractivity contribution in [1.29, 1.82) is 0 Å². The van der Waals surface area contributed by atoms with Crippen molar-refractivity contribution in [3.63, 3.8) is 0 Å². The van der Waals surface area contributed by atoms with Crippen LogP contribution in [0.4, 0.5) is 0 Å². The SMILES string of the molecule is C=CCCCCCCCCC(=O)[O-].C=CCCCCCCCCC(=O)[O-].[Cd+2]. The van der Waals surface area contributed by atoms with Gasteiger partial charge in [-0.1, -0.05) is 63.5 Å². The van der Waals surface area contributed by atoms with Crippen molar-refractivity contribution >= 4 is 11.9 Å². The zero-order valence-corrected chi connectivity index (χ0v) is 21.3. The molecule has 0 amide bonds. The molecule has 0 atom stereocenters. The standard InChI is InChI=1S/2C11H20O2.Cd/c2*1-2-3-4-5-6-7-8-9-10-11(12)13;/h2*2H,1,3-10H2,(H,12,13);/q;;+2/p-2. The molecule has 0 aromatic rings. The monoisotopic (exact) mass is 480 g/mol. The molecule has 152 valence electrons. The zero-order chi connectivity index (χ0) is 19.9. The van der Waals surface area contributed by atoms with Gasteiger partial charge in [-0.2, -0.15) is 0 Å². The zero-order valence-electron chi connectivity index (χ0n) is 17.2. The van der Waals surface area contributed by atoms with Crippen molar-refractivity contribution < 1.29 is 47.1 Å². The van der Waals surface area contributed by atoms with Gasteiger partial charge in [0.05, 0.1) is 0 Å². The van der Waals surface area contributed by atoms with Gasteiger partial charge in [-0.25, -0.2) is 0 Å². The average Bonchev–Trinajstić information content (AvgIpc) is 2.60. The van der Waals surface area contributed by atoms with E-state index in [0.29, 0.717) is 0 Å². The minimum atomic E-state index is -0.924. The maximum absolute atomic E-state index is 10.1. The van der Waals surface area contributed by atoms with Crippen molar-refractivity contribution in [3.05, 3.63) is 25.3 Å². The van der Waals surface area contributed by atoms with E-state index in [-0.39, 0.29) is 40.1 Å². The van der Waals surface area contributed by atoms with Crippen LogP contribution in [0.15, 0.2) is 25.3 Å². The molecule has 0 unspecified atom stereocenters. The maximum Gasteiger partial charge on any atom is 2.00 e. The van der Waals surface area contributed by atoms with Crippen LogP contribution < -0.4 is 10.2 Å². The molecule has 0 aromatic carbocycles. The molecular formula is C22H38CdO4. The quantitative estimate of drug-likeness (QED) is 0.169. The number of carbonyl (C=O) groups is 2. The first-order valence-corrected chi connectivity index (χ1v) is 10.2. The number of rotatable bonds is 18. The van der Waals surface area contributed by atoms with E-state index in [4.69, 9.17) is 0 Å². The molecule has 0 rings (SSSR count). The summed E-state index contributed by atoms with van der Waals surface area (Å²) in [5.41, 5.74) is 0. The van der Waals surface area contributed by atoms with Crippen LogP contribution in [0.2, 0.25) is 0 Å². The Hall–Kier alpha value is -0.658. The van der Waals surface area contributed by atoms with Gasteiger partial charge in [-0.05, 0) is 51.4 Å². The van der Waals surface area contributed by atoms with E-state index < -0.39 is 11.9 Å². The Morgan fingerprint density at radius 1 is 0.556 bits per heavy atom. The van der Waals surface area contributed by atoms with Gasteiger partial charge in [-0.15, -0.1) is 13.2 Å². The van der Waals surface area contributed by atoms with Gasteiger partial charge in [0.25, 0.3) is 0 Å². The Bertz CT molecular complexity index is 322. The summed E-state index contributed by atoms with van der Waals surface area (Å²) < 4.78 is 0. The first-order valence-electron chi connectivity index (χ1n) is 10.2. The molecule has 0 fully saturated rings. The first kappa shape index (κ1) is 31.0. The van der Waals surface area contributed by atoms with E-state index in [9.17, 15) is 19.8 Å². The molecular weight excluding hydrogens is 441 g/mol. The minimum Gasteiger partial charge on any atom is -0.550 e. The molecule has 0 bridgehead atoms. The summed E-state index contributed by atoms with van der Waals surface area (Å²) in [7, 11) is 0. The van der Waals surface area contributed by atoms with E-state index in [0.717, 1.165) is 51.4 Å². The molecule has 0 N–H and O–H groups in total. The Balaban J connectivity index is -0.000000411. The molecule has 0 aliphatic heterocycles. The van der Waals surface area contributed by atoms with Crippen LogP contribution >= 0.6 is 0 Å². The largest absolute Gasteiger partial charge is 2.00 e. The topological polar surface area (TPSA) is 80.3 Å². The molecule has 0 aliphatic rings. The third-order valence-corrected chi connectivity index (χ3v) is 4.08. The molecule has 0 aromatic heterocycles. The summed E-state index contributed by atoms with van der Waals surface area (Å²) in [6.07, 6.45) is 19.7. The number of carbonyl (C=O) groups excluding carboxylic acids is 2. The molecule has 0 aliphatic carbocycles. The summed E-state index contributed by atoms with van der Waals surface area (Å²) in [6.45, 7) is 7.31. The van der Waals surface area contributed by atoms with Gasteiger partial charge in [0.15, 0.2) is 0 Å². The van der Waals surface area contributed by atoms with Crippen molar-refractivity contribution in [3.8, 4) is 0 Å². The molecule has 0 saturated carbocycles. The normalized spacial score (nSPS) is 9.48. The first-order chi connectivity index (χ1) is 12.5. The minimum absolute atomic E-state index is 0. The molecule has 4 nitrogen and oxygen atoms in total. The van der Waals surface area contributed by atoms with E-state index in [2.05, 4.69) is 13.2 Å². The number of carboxylic acid groups (broad SMARTS) is 2. The Labute approximate surface area is 186 Å². The number of hydrogen-bond donors (Lipinski definition) is 0. The van der Waals surface area contributed by atoms with Crippen molar-refractivity contribution in [2.75, 3.05) is 0 Å². The summed E-state index contributed by atoms with van der Waals surface area (Å²) in [5, 5.41) is 20.1. The maximum atomic E-state index is 10.1. The van der Waals surface area contributed by atoms with Gasteiger partial charge in [0.1, 0.15) is 0 Å². The van der Waals surface area contributed by atoms with E-state index in [1.54, 1.807) is 0 Å². The molecule has 0 saturated heterocycles. The fourth-order valence-corrected chi connectivity index (χ4v) is 2.53. The van der Waals surface area contributed by atoms with Crippen LogP contribution in [0.3, 0.4) is 0 Å². The summed E-state index contributed by atoms with van der Waals surface area (Å²) in [6, 6.07) is 0. The smallest absolute Gasteiger partial charge is 0.550 e. The van der Waals surface area contributed by atoms with Crippen LogP contribution in [0.5, 0.6) is 0 Å². The van der Waals surface area contributed by atoms with Gasteiger partial charge < -0.3 is 19.8 Å². The van der Waals surface area contributed by atoms with Gasteiger partial charge in [0, 0.05) is 11.9 Å². The van der Waals surface area contributed by atoms with Gasteiger partial charge in [-0.3, -0.25) is 0 Å². The van der Waals surface area contributed by atoms with Crippen LogP contribution in [0.25, 0.3) is 0 Å². The summed E-state index contributed by atoms with van der Waals surface area (Å²) in [5.74, 6) is -1.85. The predicted molar refractivity (Wildman–Crippen MR) is 104 cm³/mol. The third-order valence-electron chi connectivity index (χ3n) is 4.08. The van der Waals surface area contributed by atoms with Gasteiger partial charge >= 0.3 is 27.3 Å². The second-order valence-corrected chi connectivity index (χ2v) is 6.64. The van der Waals surface area contributed by atoms with E-state index in [1.807, 2.05) is 12.2 Å². The molecule has 0 radical (unpaired) electrons. The van der Waals surface area contributed by atoms with Crippen LogP contribution in [-0.2, 0) is 36.9 Å². The van der Waals surface area contributed by atoms with Gasteiger partial charge in [0.2, 0.25) is 0 Å². The molecule has 0 heterocycles.